The van der Waals surface area contributed by atoms with Crippen molar-refractivity contribution >= 4 is 11.8 Å². The highest BCUT2D eigenvalue weighted by atomic mass is 19.1. The molecule has 2 aliphatic heterocycles. The molecule has 2 amide bonds. The maximum atomic E-state index is 13.0. The first-order valence-electron chi connectivity index (χ1n) is 9.71. The molecule has 1 atom stereocenters. The molecule has 1 aromatic heterocycles. The lowest BCUT2D eigenvalue weighted by Gasteiger charge is -2.33. The van der Waals surface area contributed by atoms with Gasteiger partial charge in [-0.15, -0.1) is 10.2 Å². The molecule has 0 unspecified atom stereocenters. The minimum atomic E-state index is -0.305. The van der Waals surface area contributed by atoms with E-state index in [0.29, 0.717) is 26.2 Å². The van der Waals surface area contributed by atoms with Crippen LogP contribution >= 0.6 is 0 Å². The predicted molar refractivity (Wildman–Crippen MR) is 99.8 cm³/mol. The Morgan fingerprint density at radius 1 is 1.11 bits per heavy atom. The van der Waals surface area contributed by atoms with Crippen molar-refractivity contribution in [2.45, 2.75) is 45.2 Å². The highest BCUT2D eigenvalue weighted by Crippen LogP contribution is 2.27. The van der Waals surface area contributed by atoms with Crippen LogP contribution in [0, 0.1) is 5.82 Å². The van der Waals surface area contributed by atoms with Gasteiger partial charge in [-0.3, -0.25) is 9.59 Å². The fraction of sp³-hybridized carbons (Fsp3) is 0.500. The van der Waals surface area contributed by atoms with Crippen LogP contribution in [0.15, 0.2) is 24.3 Å². The molecule has 8 heteroatoms. The van der Waals surface area contributed by atoms with E-state index >= 15 is 0 Å². The zero-order valence-corrected chi connectivity index (χ0v) is 16.0. The van der Waals surface area contributed by atoms with E-state index in [4.69, 9.17) is 0 Å². The molecule has 3 heterocycles. The van der Waals surface area contributed by atoms with Crippen molar-refractivity contribution in [3.8, 4) is 0 Å². The van der Waals surface area contributed by atoms with Crippen molar-refractivity contribution in [2.75, 3.05) is 19.6 Å². The third-order valence-electron chi connectivity index (χ3n) is 5.63. The van der Waals surface area contributed by atoms with Crippen molar-refractivity contribution in [1.29, 1.82) is 0 Å². The third-order valence-corrected chi connectivity index (χ3v) is 5.63. The van der Waals surface area contributed by atoms with Gasteiger partial charge in [-0.1, -0.05) is 12.1 Å². The molecule has 0 bridgehead atoms. The second-order valence-corrected chi connectivity index (χ2v) is 7.55. The smallest absolute Gasteiger partial charge is 0.227 e. The highest BCUT2D eigenvalue weighted by molar-refractivity contribution is 5.78. The molecule has 0 radical (unpaired) electrons. The summed E-state index contributed by atoms with van der Waals surface area (Å²) >= 11 is 0. The molecule has 148 valence electrons. The lowest BCUT2D eigenvalue weighted by molar-refractivity contribution is -0.132. The Labute approximate surface area is 163 Å². The molecule has 7 nitrogen and oxygen atoms in total. The van der Waals surface area contributed by atoms with E-state index in [1.807, 2.05) is 4.90 Å². The summed E-state index contributed by atoms with van der Waals surface area (Å²) in [5.41, 5.74) is 0.797. The number of hydrogen-bond acceptors (Lipinski definition) is 4. The normalized spacial score (nSPS) is 19.4. The number of piperidine rings is 1. The van der Waals surface area contributed by atoms with Crippen LogP contribution in [0.5, 0.6) is 0 Å². The monoisotopic (exact) mass is 385 g/mol. The molecule has 28 heavy (non-hydrogen) atoms. The summed E-state index contributed by atoms with van der Waals surface area (Å²) in [5.74, 6) is 1.70. The van der Waals surface area contributed by atoms with Gasteiger partial charge in [0.25, 0.3) is 0 Å². The first-order chi connectivity index (χ1) is 13.5. The van der Waals surface area contributed by atoms with E-state index in [1.165, 1.54) is 12.1 Å². The van der Waals surface area contributed by atoms with Crippen molar-refractivity contribution in [2.24, 2.45) is 0 Å². The van der Waals surface area contributed by atoms with Crippen molar-refractivity contribution in [3.05, 3.63) is 47.3 Å². The second kappa shape index (κ2) is 7.69. The topological polar surface area (TPSA) is 71.3 Å². The Hall–Kier alpha value is -2.77. The number of benzene rings is 1. The molecule has 0 saturated carbocycles. The summed E-state index contributed by atoms with van der Waals surface area (Å²) in [7, 11) is 0. The number of halogens is 1. The van der Waals surface area contributed by atoms with Gasteiger partial charge in [0.1, 0.15) is 11.6 Å². The number of amides is 2. The summed E-state index contributed by atoms with van der Waals surface area (Å²) in [6.45, 7) is 4.77. The minimum absolute atomic E-state index is 0.00262. The zero-order chi connectivity index (χ0) is 19.7. The molecule has 2 aromatic rings. The van der Waals surface area contributed by atoms with Crippen molar-refractivity contribution in [3.63, 3.8) is 0 Å². The van der Waals surface area contributed by atoms with Gasteiger partial charge in [0.05, 0.1) is 13.0 Å². The summed E-state index contributed by atoms with van der Waals surface area (Å²) in [4.78, 5) is 28.0. The predicted octanol–water partition coefficient (Wildman–Crippen LogP) is 1.73. The van der Waals surface area contributed by atoms with E-state index in [1.54, 1.807) is 24.0 Å². The standard InChI is InChI=1S/C20H24FN5O2/c1-14(27)24-8-2-3-16(12-24)20-23-22-18-13-25(9-10-26(18)20)19(28)11-15-4-6-17(21)7-5-15/h4-7,16H,2-3,8-13H2,1H3/t16-/m1/s1. The molecular weight excluding hydrogens is 361 g/mol. The average Bonchev–Trinajstić information content (AvgIpc) is 3.13. The Bertz CT molecular complexity index is 879. The first kappa shape index (κ1) is 18.6. The van der Waals surface area contributed by atoms with Crippen molar-refractivity contribution in [1.82, 2.24) is 24.6 Å². The number of fused-ring (bicyclic) bond motifs is 1. The first-order valence-corrected chi connectivity index (χ1v) is 9.71. The van der Waals surface area contributed by atoms with Crippen LogP contribution < -0.4 is 0 Å². The molecule has 1 aromatic carbocycles. The van der Waals surface area contributed by atoms with Crippen LogP contribution in [-0.4, -0.2) is 56.0 Å². The van der Waals surface area contributed by atoms with Gasteiger partial charge >= 0.3 is 0 Å². The second-order valence-electron chi connectivity index (χ2n) is 7.55. The number of carbonyl (C=O) groups excluding carboxylic acids is 2. The number of carbonyl (C=O) groups is 2. The number of rotatable bonds is 3. The number of aromatic nitrogens is 3. The van der Waals surface area contributed by atoms with E-state index < -0.39 is 0 Å². The minimum Gasteiger partial charge on any atom is -0.342 e. The molecule has 0 aliphatic carbocycles. The van der Waals surface area contributed by atoms with Crippen LogP contribution in [0.25, 0.3) is 0 Å². The molecule has 1 fully saturated rings. The van der Waals surface area contributed by atoms with Gasteiger partial charge in [-0.25, -0.2) is 4.39 Å². The SMILES string of the molecule is CC(=O)N1CCC[C@@H](c2nnc3n2CCN(C(=O)Cc2ccc(F)cc2)C3)C1. The Balaban J connectivity index is 1.43. The van der Waals surface area contributed by atoms with Crippen LogP contribution in [0.4, 0.5) is 4.39 Å². The fourth-order valence-corrected chi connectivity index (χ4v) is 4.06. The van der Waals surface area contributed by atoms with Gasteiger partial charge in [0, 0.05) is 39.0 Å². The summed E-state index contributed by atoms with van der Waals surface area (Å²) in [6, 6.07) is 6.02. The fourth-order valence-electron chi connectivity index (χ4n) is 4.06. The van der Waals surface area contributed by atoms with Crippen LogP contribution in [-0.2, 0) is 29.1 Å². The maximum Gasteiger partial charge on any atom is 0.227 e. The van der Waals surface area contributed by atoms with E-state index in [0.717, 1.165) is 36.6 Å². The Morgan fingerprint density at radius 2 is 1.89 bits per heavy atom. The number of hydrogen-bond donors (Lipinski definition) is 0. The van der Waals surface area contributed by atoms with Gasteiger partial charge in [-0.2, -0.15) is 0 Å². The van der Waals surface area contributed by atoms with E-state index in [-0.39, 0.29) is 30.0 Å². The summed E-state index contributed by atoms with van der Waals surface area (Å²) in [6.07, 6.45) is 2.21. The van der Waals surface area contributed by atoms with Crippen LogP contribution in [0.2, 0.25) is 0 Å². The zero-order valence-electron chi connectivity index (χ0n) is 16.0. The lowest BCUT2D eigenvalue weighted by atomic mass is 9.97. The maximum absolute atomic E-state index is 13.0. The highest BCUT2D eigenvalue weighted by Gasteiger charge is 2.30. The molecule has 4 rings (SSSR count). The molecule has 0 N–H and O–H groups in total. The quantitative estimate of drug-likeness (QED) is 0.807. The molecular formula is C20H24FN5O2. The van der Waals surface area contributed by atoms with Gasteiger partial charge < -0.3 is 14.4 Å². The number of likely N-dealkylation sites (tertiary alicyclic amines) is 1. The Morgan fingerprint density at radius 3 is 2.64 bits per heavy atom. The number of nitrogens with zero attached hydrogens (tertiary/aromatic N) is 5. The van der Waals surface area contributed by atoms with Crippen LogP contribution in [0.1, 0.15) is 42.9 Å². The van der Waals surface area contributed by atoms with E-state index in [2.05, 4.69) is 14.8 Å². The van der Waals surface area contributed by atoms with Gasteiger partial charge in [0.15, 0.2) is 5.82 Å². The van der Waals surface area contributed by atoms with Gasteiger partial charge in [-0.05, 0) is 30.5 Å². The molecule has 0 spiro atoms. The lowest BCUT2D eigenvalue weighted by Crippen LogP contribution is -2.41. The molecule has 1 saturated heterocycles. The van der Waals surface area contributed by atoms with Crippen molar-refractivity contribution < 1.29 is 14.0 Å². The molecule has 2 aliphatic rings. The summed E-state index contributed by atoms with van der Waals surface area (Å²) < 4.78 is 15.1. The Kier molecular flexibility index (Phi) is 5.11. The van der Waals surface area contributed by atoms with Crippen LogP contribution in [0.3, 0.4) is 0 Å². The largest absolute Gasteiger partial charge is 0.342 e. The van der Waals surface area contributed by atoms with Gasteiger partial charge in [0.2, 0.25) is 11.8 Å². The average molecular weight is 385 g/mol. The van der Waals surface area contributed by atoms with E-state index in [9.17, 15) is 14.0 Å². The summed E-state index contributed by atoms with van der Waals surface area (Å²) in [5, 5.41) is 8.72. The third kappa shape index (κ3) is 3.76.